The van der Waals surface area contributed by atoms with E-state index in [9.17, 15) is 36.3 Å². The Bertz CT molecular complexity index is 1740. The molecule has 2 amide bonds. The van der Waals surface area contributed by atoms with Crippen LogP contribution in [-0.4, -0.2) is 61.8 Å². The number of thiophene rings is 2. The maximum Gasteiger partial charge on any atom is 0.413 e. The second-order valence-electron chi connectivity index (χ2n) is 10.9. The van der Waals surface area contributed by atoms with Crippen molar-refractivity contribution in [2.75, 3.05) is 19.5 Å². The molecular weight excluding hydrogens is 690 g/mol. The number of nitrogens with two attached hydrogens (primary N) is 1. The van der Waals surface area contributed by atoms with Gasteiger partial charge >= 0.3 is 12.3 Å². The van der Waals surface area contributed by atoms with E-state index < -0.39 is 64.9 Å². The van der Waals surface area contributed by atoms with Crippen LogP contribution in [-0.2, 0) is 19.6 Å². The molecule has 5 N–H and O–H groups in total. The molecule has 4 rings (SSSR count). The van der Waals surface area contributed by atoms with Crippen LogP contribution in [0, 0.1) is 0 Å². The number of amides is 2. The third-order valence-corrected chi connectivity index (χ3v) is 12.1. The normalized spacial score (nSPS) is 14.1. The lowest BCUT2D eigenvalue weighted by Gasteiger charge is -2.32. The number of halogens is 3. The predicted molar refractivity (Wildman–Crippen MR) is 178 cm³/mol. The van der Waals surface area contributed by atoms with Crippen LogP contribution in [0.2, 0.25) is 0 Å². The van der Waals surface area contributed by atoms with E-state index in [-0.39, 0.29) is 19.0 Å². The van der Waals surface area contributed by atoms with E-state index in [1.807, 2.05) is 0 Å². The molecule has 2 heterocycles. The van der Waals surface area contributed by atoms with E-state index in [2.05, 4.69) is 10.6 Å². The molecule has 258 valence electrons. The fraction of sp³-hybridized carbons (Fsp3) is 0.312. The van der Waals surface area contributed by atoms with Gasteiger partial charge in [-0.05, 0) is 49.2 Å². The molecule has 0 radical (unpaired) electrons. The molecule has 0 unspecified atom stereocenters. The minimum Gasteiger partial charge on any atom is -0.453 e. The summed E-state index contributed by atoms with van der Waals surface area (Å²) in [4.78, 5) is 26.1. The number of carbonyl (C=O) groups is 2. The van der Waals surface area contributed by atoms with E-state index in [0.717, 1.165) is 28.8 Å². The molecule has 0 spiro atoms. The third kappa shape index (κ3) is 8.36. The number of hydrogen-bond donors (Lipinski definition) is 4. The summed E-state index contributed by atoms with van der Waals surface area (Å²) < 4.78 is 77.0. The van der Waals surface area contributed by atoms with E-state index in [4.69, 9.17) is 10.5 Å². The highest BCUT2D eigenvalue weighted by Gasteiger charge is 2.46. The van der Waals surface area contributed by atoms with Gasteiger partial charge in [0.1, 0.15) is 10.3 Å². The number of benzene rings is 2. The number of anilines is 1. The molecule has 0 bridgehead atoms. The average Bonchev–Trinajstić information content (AvgIpc) is 3.72. The molecule has 16 heteroatoms. The highest BCUT2D eigenvalue weighted by Crippen LogP contribution is 2.41. The first-order valence-electron chi connectivity index (χ1n) is 14.6. The number of aliphatic hydroxyl groups is 1. The van der Waals surface area contributed by atoms with Crippen molar-refractivity contribution in [1.82, 2.24) is 14.9 Å². The number of nitrogen functional groups attached to an aromatic ring is 1. The Labute approximate surface area is 284 Å². The SMILES string of the molecule is COC(=O)N[C@H](C(=O)N[C@H](c1ccc([C@@H](CO)N(C(C)C)S(=O)(=O)c2ccc(N)s2)s1)C(F)(F)F)C(c1ccccc1)c1ccccc1. The van der Waals surface area contributed by atoms with Crippen LogP contribution in [0.1, 0.15) is 52.7 Å². The van der Waals surface area contributed by atoms with Crippen molar-refractivity contribution >= 4 is 49.7 Å². The van der Waals surface area contributed by atoms with Crippen LogP contribution in [0.4, 0.5) is 23.0 Å². The first-order chi connectivity index (χ1) is 22.7. The number of aliphatic hydroxyl groups excluding tert-OH is 1. The van der Waals surface area contributed by atoms with Crippen LogP contribution >= 0.6 is 22.7 Å². The molecule has 0 saturated carbocycles. The Morgan fingerprint density at radius 1 is 0.896 bits per heavy atom. The van der Waals surface area contributed by atoms with Crippen molar-refractivity contribution in [1.29, 1.82) is 0 Å². The Balaban J connectivity index is 1.73. The Morgan fingerprint density at radius 3 is 1.92 bits per heavy atom. The van der Waals surface area contributed by atoms with Gasteiger partial charge in [-0.15, -0.1) is 22.7 Å². The zero-order valence-electron chi connectivity index (χ0n) is 26.0. The molecule has 0 saturated heterocycles. The van der Waals surface area contributed by atoms with E-state index in [0.29, 0.717) is 22.5 Å². The van der Waals surface area contributed by atoms with Crippen LogP contribution in [0.3, 0.4) is 0 Å². The molecule has 2 aromatic heterocycles. The molecular formula is C32H35F3N4O6S3. The van der Waals surface area contributed by atoms with Gasteiger partial charge in [0.15, 0.2) is 6.04 Å². The smallest absolute Gasteiger partial charge is 0.413 e. The van der Waals surface area contributed by atoms with Gasteiger partial charge in [0.25, 0.3) is 10.0 Å². The highest BCUT2D eigenvalue weighted by molar-refractivity contribution is 7.91. The molecule has 48 heavy (non-hydrogen) atoms. The Kier molecular flexibility index (Phi) is 11.9. The molecule has 0 aliphatic rings. The van der Waals surface area contributed by atoms with E-state index >= 15 is 0 Å². The molecule has 0 fully saturated rings. The van der Waals surface area contributed by atoms with Crippen molar-refractivity contribution in [2.45, 2.75) is 54.3 Å². The summed E-state index contributed by atoms with van der Waals surface area (Å²) in [5.74, 6) is -2.05. The largest absolute Gasteiger partial charge is 0.453 e. The summed E-state index contributed by atoms with van der Waals surface area (Å²) in [5, 5.41) is 15.1. The Hall–Kier alpha value is -3.96. The number of nitrogens with zero attached hydrogens (tertiary/aromatic N) is 1. The van der Waals surface area contributed by atoms with Gasteiger partial charge < -0.3 is 26.2 Å². The number of sulfonamides is 1. The zero-order valence-corrected chi connectivity index (χ0v) is 28.5. The quantitative estimate of drug-likeness (QED) is 0.136. The van der Waals surface area contributed by atoms with Crippen molar-refractivity contribution in [2.24, 2.45) is 0 Å². The van der Waals surface area contributed by atoms with Crippen LogP contribution in [0.15, 0.2) is 89.1 Å². The molecule has 10 nitrogen and oxygen atoms in total. The molecule has 4 aromatic rings. The van der Waals surface area contributed by atoms with Crippen molar-refractivity contribution < 1.29 is 41.0 Å². The predicted octanol–water partition coefficient (Wildman–Crippen LogP) is 5.80. The first-order valence-corrected chi connectivity index (χ1v) is 17.7. The standard InChI is InChI=1S/C32H35F3N4O6S3/c1-19(2)39(48(43,44)26-17-16-25(36)47-26)22(18-40)23-14-15-24(46-23)29(32(33,34)35)38-30(41)28(37-31(42)45-3)27(20-10-6-4-7-11-20)21-12-8-5-9-13-21/h4-17,19,22,27-29,40H,18,36H2,1-3H3,(H,37,42)(H,38,41)/t22-,28+,29-/m1/s1. The number of rotatable bonds is 13. The van der Waals surface area contributed by atoms with Gasteiger partial charge in [-0.3, -0.25) is 4.79 Å². The van der Waals surface area contributed by atoms with Gasteiger partial charge in [-0.1, -0.05) is 60.7 Å². The molecule has 3 atom stereocenters. The molecule has 0 aliphatic carbocycles. The number of alkyl halides is 3. The van der Waals surface area contributed by atoms with Crippen LogP contribution in [0.25, 0.3) is 0 Å². The minimum atomic E-state index is -5.00. The monoisotopic (exact) mass is 724 g/mol. The van der Waals surface area contributed by atoms with Gasteiger partial charge in [-0.25, -0.2) is 13.2 Å². The van der Waals surface area contributed by atoms with Gasteiger partial charge in [0.2, 0.25) is 5.91 Å². The number of nitrogens with one attached hydrogen (secondary N) is 2. The first kappa shape index (κ1) is 36.9. The van der Waals surface area contributed by atoms with Crippen LogP contribution < -0.4 is 16.4 Å². The van der Waals surface area contributed by atoms with E-state index in [1.165, 1.54) is 18.2 Å². The lowest BCUT2D eigenvalue weighted by Crippen LogP contribution is -2.52. The van der Waals surface area contributed by atoms with Crippen LogP contribution in [0.5, 0.6) is 0 Å². The van der Waals surface area contributed by atoms with Gasteiger partial charge in [-0.2, -0.15) is 17.5 Å². The second kappa shape index (κ2) is 15.5. The average molecular weight is 725 g/mol. The summed E-state index contributed by atoms with van der Waals surface area (Å²) in [7, 11) is -3.14. The zero-order chi connectivity index (χ0) is 35.2. The summed E-state index contributed by atoms with van der Waals surface area (Å²) in [5.41, 5.74) is 6.85. The maximum absolute atomic E-state index is 14.7. The number of ether oxygens (including phenoxy) is 1. The topological polar surface area (TPSA) is 151 Å². The maximum atomic E-state index is 14.7. The second-order valence-corrected chi connectivity index (χ2v) is 15.3. The number of hydrogen-bond acceptors (Lipinski definition) is 9. The Morgan fingerprint density at radius 2 is 1.46 bits per heavy atom. The van der Waals surface area contributed by atoms with Crippen molar-refractivity contribution in [3.63, 3.8) is 0 Å². The summed E-state index contributed by atoms with van der Waals surface area (Å²) in [6.07, 6.45) is -6.03. The third-order valence-electron chi connectivity index (χ3n) is 7.39. The number of carbonyl (C=O) groups excluding carboxylic acids is 2. The molecule has 0 aliphatic heterocycles. The lowest BCUT2D eigenvalue weighted by molar-refractivity contribution is -0.163. The van der Waals surface area contributed by atoms with Crippen molar-refractivity contribution in [3.05, 3.63) is 106 Å². The van der Waals surface area contributed by atoms with Crippen molar-refractivity contribution in [3.8, 4) is 0 Å². The van der Waals surface area contributed by atoms with Gasteiger partial charge in [0.05, 0.1) is 24.8 Å². The van der Waals surface area contributed by atoms with E-state index in [1.54, 1.807) is 74.5 Å². The lowest BCUT2D eigenvalue weighted by atomic mass is 9.84. The molecule has 2 aromatic carbocycles. The fourth-order valence-corrected chi connectivity index (χ4v) is 9.55. The highest BCUT2D eigenvalue weighted by atomic mass is 32.2. The summed E-state index contributed by atoms with van der Waals surface area (Å²) >= 11 is 1.43. The summed E-state index contributed by atoms with van der Waals surface area (Å²) in [6.45, 7) is 2.42. The number of methoxy groups -OCH3 is 1. The van der Waals surface area contributed by atoms with Gasteiger partial charge in [0, 0.05) is 21.7 Å². The fourth-order valence-electron chi connectivity index (χ4n) is 5.31. The number of alkyl carbamates (subject to hydrolysis) is 1. The summed E-state index contributed by atoms with van der Waals surface area (Å²) in [6, 6.07) is 16.2. The minimum absolute atomic E-state index is 0.0834.